The van der Waals surface area contributed by atoms with E-state index < -0.39 is 11.9 Å². The summed E-state index contributed by atoms with van der Waals surface area (Å²) in [7, 11) is 1.58. The van der Waals surface area contributed by atoms with E-state index >= 15 is 0 Å². The molecule has 5 nitrogen and oxygen atoms in total. The number of hydrogen-bond acceptors (Lipinski definition) is 4. The van der Waals surface area contributed by atoms with Gasteiger partial charge in [0.2, 0.25) is 11.8 Å². The normalized spacial score (nSPS) is 12.7. The van der Waals surface area contributed by atoms with Crippen LogP contribution in [0.25, 0.3) is 0 Å². The van der Waals surface area contributed by atoms with Crippen molar-refractivity contribution in [1.82, 2.24) is 10.2 Å². The number of thioether (sulfide) groups is 1. The molecule has 0 aliphatic carbocycles. The highest BCUT2D eigenvalue weighted by Gasteiger charge is 2.29. The molecule has 0 spiro atoms. The van der Waals surface area contributed by atoms with E-state index in [1.807, 2.05) is 45.0 Å². The smallest absolute Gasteiger partial charge is 0.243 e. The standard InChI is InChI=1S/C25H32ClFN2O3S/c1-5-17(3)28-25(31)23(6-2)29(14-18-9-7-10-19(13-18)32-4)24(30)16-33-15-20-21(26)11-8-12-22(20)27/h7-13,17,23H,5-6,14-16H2,1-4H3,(H,28,31). The van der Waals surface area contributed by atoms with E-state index in [1.54, 1.807) is 24.1 Å². The third kappa shape index (κ3) is 7.93. The third-order valence-electron chi connectivity index (χ3n) is 5.41. The number of amides is 2. The Labute approximate surface area is 205 Å². The van der Waals surface area contributed by atoms with E-state index in [4.69, 9.17) is 16.3 Å². The number of nitrogens with zero attached hydrogens (tertiary/aromatic N) is 1. The van der Waals surface area contributed by atoms with Crippen molar-refractivity contribution in [2.24, 2.45) is 0 Å². The Morgan fingerprint density at radius 1 is 1.18 bits per heavy atom. The first-order valence-electron chi connectivity index (χ1n) is 11.0. The lowest BCUT2D eigenvalue weighted by atomic mass is 10.1. The van der Waals surface area contributed by atoms with Gasteiger partial charge < -0.3 is 15.0 Å². The second-order valence-corrected chi connectivity index (χ2v) is 9.20. The summed E-state index contributed by atoms with van der Waals surface area (Å²) in [5.74, 6) is 0.282. The van der Waals surface area contributed by atoms with Crippen LogP contribution in [0.5, 0.6) is 5.75 Å². The van der Waals surface area contributed by atoms with Crippen LogP contribution in [0.15, 0.2) is 42.5 Å². The van der Waals surface area contributed by atoms with E-state index in [2.05, 4.69) is 5.32 Å². The molecule has 0 saturated heterocycles. The Morgan fingerprint density at radius 3 is 2.55 bits per heavy atom. The molecule has 2 amide bonds. The maximum absolute atomic E-state index is 14.1. The van der Waals surface area contributed by atoms with Gasteiger partial charge in [0, 0.05) is 28.9 Å². The molecule has 2 aromatic carbocycles. The second kappa shape index (κ2) is 13.5. The average molecular weight is 495 g/mol. The van der Waals surface area contributed by atoms with Crippen molar-refractivity contribution in [3.63, 3.8) is 0 Å². The van der Waals surface area contributed by atoms with Crippen LogP contribution in [0.4, 0.5) is 4.39 Å². The Balaban J connectivity index is 2.20. The number of hydrogen-bond donors (Lipinski definition) is 1. The van der Waals surface area contributed by atoms with Crippen LogP contribution in [0.1, 0.15) is 44.7 Å². The summed E-state index contributed by atoms with van der Waals surface area (Å²) in [6.07, 6.45) is 1.27. The van der Waals surface area contributed by atoms with Gasteiger partial charge in [-0.05, 0) is 49.6 Å². The minimum Gasteiger partial charge on any atom is -0.497 e. The maximum atomic E-state index is 14.1. The Bertz CT molecular complexity index is 923. The van der Waals surface area contributed by atoms with Gasteiger partial charge in [-0.15, -0.1) is 11.8 Å². The zero-order valence-corrected chi connectivity index (χ0v) is 21.1. The summed E-state index contributed by atoms with van der Waals surface area (Å²) >= 11 is 7.38. The SMILES string of the molecule is CCC(C)NC(=O)C(CC)N(Cc1cccc(OC)c1)C(=O)CSCc1c(F)cccc1Cl. The number of carbonyl (C=O) groups excluding carboxylic acids is 2. The molecule has 180 valence electrons. The summed E-state index contributed by atoms with van der Waals surface area (Å²) in [4.78, 5) is 27.9. The number of methoxy groups -OCH3 is 1. The number of benzene rings is 2. The molecule has 2 aromatic rings. The zero-order valence-electron chi connectivity index (χ0n) is 19.6. The second-order valence-electron chi connectivity index (χ2n) is 7.81. The van der Waals surface area contributed by atoms with E-state index in [9.17, 15) is 14.0 Å². The highest BCUT2D eigenvalue weighted by Crippen LogP contribution is 2.25. The van der Waals surface area contributed by atoms with Crippen molar-refractivity contribution >= 4 is 35.2 Å². The number of ether oxygens (including phenoxy) is 1. The van der Waals surface area contributed by atoms with Crippen LogP contribution in [-0.4, -0.2) is 41.7 Å². The molecule has 0 saturated carbocycles. The quantitative estimate of drug-likeness (QED) is 0.426. The largest absolute Gasteiger partial charge is 0.497 e. The molecule has 0 fully saturated rings. The van der Waals surface area contributed by atoms with Crippen molar-refractivity contribution < 1.29 is 18.7 Å². The highest BCUT2D eigenvalue weighted by molar-refractivity contribution is 7.99. The van der Waals surface area contributed by atoms with Gasteiger partial charge in [0.15, 0.2) is 0 Å². The van der Waals surface area contributed by atoms with Crippen molar-refractivity contribution in [2.75, 3.05) is 12.9 Å². The van der Waals surface area contributed by atoms with E-state index in [-0.39, 0.29) is 35.9 Å². The number of carbonyl (C=O) groups is 2. The summed E-state index contributed by atoms with van der Waals surface area (Å²) in [5.41, 5.74) is 1.23. The first-order valence-corrected chi connectivity index (χ1v) is 12.6. The lowest BCUT2D eigenvalue weighted by Crippen LogP contribution is -2.51. The molecule has 0 aliphatic heterocycles. The van der Waals surface area contributed by atoms with Gasteiger partial charge in [0.05, 0.1) is 12.9 Å². The fourth-order valence-corrected chi connectivity index (χ4v) is 4.57. The molecular weight excluding hydrogens is 463 g/mol. The van der Waals surface area contributed by atoms with Crippen molar-refractivity contribution in [3.8, 4) is 5.75 Å². The summed E-state index contributed by atoms with van der Waals surface area (Å²) in [6, 6.07) is 11.4. The predicted molar refractivity (Wildman–Crippen MR) is 133 cm³/mol. The van der Waals surface area contributed by atoms with Gasteiger partial charge in [-0.3, -0.25) is 9.59 Å². The Kier molecular flexibility index (Phi) is 11.0. The maximum Gasteiger partial charge on any atom is 0.243 e. The van der Waals surface area contributed by atoms with Crippen molar-refractivity contribution in [3.05, 3.63) is 64.4 Å². The van der Waals surface area contributed by atoms with Crippen molar-refractivity contribution in [1.29, 1.82) is 0 Å². The van der Waals surface area contributed by atoms with Crippen LogP contribution in [0.3, 0.4) is 0 Å². The zero-order chi connectivity index (χ0) is 24.4. The van der Waals surface area contributed by atoms with E-state index in [0.717, 1.165) is 12.0 Å². The Hall–Kier alpha value is -2.25. The summed E-state index contributed by atoms with van der Waals surface area (Å²) in [6.45, 7) is 6.09. The number of halogens is 2. The molecule has 0 aromatic heterocycles. The van der Waals surface area contributed by atoms with E-state index in [1.165, 1.54) is 17.8 Å². The highest BCUT2D eigenvalue weighted by atomic mass is 35.5. The molecule has 1 N–H and O–H groups in total. The van der Waals surface area contributed by atoms with Gasteiger partial charge in [-0.1, -0.05) is 43.6 Å². The molecule has 33 heavy (non-hydrogen) atoms. The molecule has 2 rings (SSSR count). The van der Waals surface area contributed by atoms with Gasteiger partial charge in [-0.25, -0.2) is 4.39 Å². The molecule has 0 aliphatic rings. The fourth-order valence-electron chi connectivity index (χ4n) is 3.32. The van der Waals surface area contributed by atoms with Gasteiger partial charge in [-0.2, -0.15) is 0 Å². The number of nitrogens with one attached hydrogen (secondary N) is 1. The topological polar surface area (TPSA) is 58.6 Å². The fraction of sp³-hybridized carbons (Fsp3) is 0.440. The lowest BCUT2D eigenvalue weighted by molar-refractivity contribution is -0.139. The molecule has 0 bridgehead atoms. The molecule has 2 atom stereocenters. The first-order chi connectivity index (χ1) is 15.8. The first kappa shape index (κ1) is 27.0. The molecule has 0 radical (unpaired) electrons. The van der Waals surface area contributed by atoms with Crippen LogP contribution >= 0.6 is 23.4 Å². The van der Waals surface area contributed by atoms with Crippen LogP contribution in [0.2, 0.25) is 5.02 Å². The minimum atomic E-state index is -0.615. The summed E-state index contributed by atoms with van der Waals surface area (Å²) < 4.78 is 19.4. The predicted octanol–water partition coefficient (Wildman–Crippen LogP) is 5.44. The van der Waals surface area contributed by atoms with Gasteiger partial charge >= 0.3 is 0 Å². The molecule has 0 heterocycles. The van der Waals surface area contributed by atoms with Gasteiger partial charge in [0.25, 0.3) is 0 Å². The van der Waals surface area contributed by atoms with Crippen LogP contribution in [0, 0.1) is 5.82 Å². The Morgan fingerprint density at radius 2 is 1.91 bits per heavy atom. The number of rotatable bonds is 12. The molecule has 8 heteroatoms. The monoisotopic (exact) mass is 494 g/mol. The van der Waals surface area contributed by atoms with Crippen molar-refractivity contribution in [2.45, 2.75) is 58.0 Å². The molecular formula is C25H32ClFN2O3S. The van der Waals surface area contributed by atoms with Gasteiger partial charge in [0.1, 0.15) is 17.6 Å². The van der Waals surface area contributed by atoms with E-state index in [0.29, 0.717) is 22.8 Å². The minimum absolute atomic E-state index is 0.0119. The average Bonchev–Trinajstić information content (AvgIpc) is 2.80. The molecule has 2 unspecified atom stereocenters. The van der Waals surface area contributed by atoms with Crippen LogP contribution < -0.4 is 10.1 Å². The van der Waals surface area contributed by atoms with Crippen LogP contribution in [-0.2, 0) is 21.9 Å². The third-order valence-corrected chi connectivity index (χ3v) is 6.71. The summed E-state index contributed by atoms with van der Waals surface area (Å²) in [5, 5.41) is 3.33. The lowest BCUT2D eigenvalue weighted by Gasteiger charge is -2.31.